The maximum Gasteiger partial charge on any atom is 0.254 e. The van der Waals surface area contributed by atoms with E-state index in [2.05, 4.69) is 12.1 Å². The Morgan fingerprint density at radius 2 is 1.88 bits per heavy atom. The normalized spacial score (nSPS) is 23.7. The Hall–Kier alpha value is -1.84. The van der Waals surface area contributed by atoms with Gasteiger partial charge in [0.25, 0.3) is 5.91 Å². The van der Waals surface area contributed by atoms with Crippen LogP contribution in [0.15, 0.2) is 18.2 Å². The van der Waals surface area contributed by atoms with E-state index in [0.29, 0.717) is 6.42 Å². The van der Waals surface area contributed by atoms with Gasteiger partial charge in [-0.25, -0.2) is 0 Å². The number of fused-ring (bicyclic) bond motifs is 1. The fourth-order valence-electron chi connectivity index (χ4n) is 4.48. The van der Waals surface area contributed by atoms with Gasteiger partial charge in [0.15, 0.2) is 0 Å². The molecule has 0 aromatic heterocycles. The van der Waals surface area contributed by atoms with Crippen molar-refractivity contribution < 1.29 is 9.59 Å². The number of nitrogens with zero attached hydrogens (tertiary/aromatic N) is 2. The molecular formula is C20H26N2O2. The van der Waals surface area contributed by atoms with Gasteiger partial charge in [-0.2, -0.15) is 0 Å². The van der Waals surface area contributed by atoms with Gasteiger partial charge in [-0.1, -0.05) is 6.07 Å². The van der Waals surface area contributed by atoms with Crippen molar-refractivity contribution in [3.05, 3.63) is 34.9 Å². The Morgan fingerprint density at radius 3 is 2.71 bits per heavy atom. The molecule has 24 heavy (non-hydrogen) atoms. The highest BCUT2D eigenvalue weighted by Crippen LogP contribution is 2.26. The Labute approximate surface area is 143 Å². The molecule has 128 valence electrons. The molecule has 1 atom stereocenters. The second-order valence-corrected chi connectivity index (χ2v) is 7.43. The van der Waals surface area contributed by atoms with Crippen LogP contribution < -0.4 is 0 Å². The van der Waals surface area contributed by atoms with E-state index in [-0.39, 0.29) is 17.9 Å². The topological polar surface area (TPSA) is 40.6 Å². The molecule has 0 spiro atoms. The van der Waals surface area contributed by atoms with Crippen LogP contribution in [-0.2, 0) is 17.6 Å². The van der Waals surface area contributed by atoms with Gasteiger partial charge in [0.1, 0.15) is 0 Å². The number of hydrogen-bond acceptors (Lipinski definition) is 2. The average molecular weight is 326 g/mol. The van der Waals surface area contributed by atoms with E-state index in [4.69, 9.17) is 0 Å². The predicted molar refractivity (Wildman–Crippen MR) is 93.0 cm³/mol. The summed E-state index contributed by atoms with van der Waals surface area (Å²) < 4.78 is 0. The molecule has 2 amide bonds. The van der Waals surface area contributed by atoms with E-state index >= 15 is 0 Å². The fraction of sp³-hybridized carbons (Fsp3) is 0.600. The third kappa shape index (κ3) is 2.94. The molecule has 3 aliphatic rings. The van der Waals surface area contributed by atoms with Crippen molar-refractivity contribution in [1.29, 1.82) is 0 Å². The fourth-order valence-corrected chi connectivity index (χ4v) is 4.48. The van der Waals surface area contributed by atoms with Gasteiger partial charge in [0, 0.05) is 37.7 Å². The first kappa shape index (κ1) is 15.7. The summed E-state index contributed by atoms with van der Waals surface area (Å²) >= 11 is 0. The van der Waals surface area contributed by atoms with Crippen molar-refractivity contribution in [2.45, 2.75) is 57.4 Å². The highest BCUT2D eigenvalue weighted by molar-refractivity contribution is 5.95. The summed E-state index contributed by atoms with van der Waals surface area (Å²) in [5, 5.41) is 0. The van der Waals surface area contributed by atoms with Crippen LogP contribution in [-0.4, -0.2) is 47.3 Å². The molecule has 1 aromatic carbocycles. The summed E-state index contributed by atoms with van der Waals surface area (Å²) in [6, 6.07) is 6.43. The minimum Gasteiger partial charge on any atom is -0.341 e. The number of rotatable bonds is 3. The van der Waals surface area contributed by atoms with Crippen LogP contribution in [0.25, 0.3) is 0 Å². The largest absolute Gasteiger partial charge is 0.341 e. The highest BCUT2D eigenvalue weighted by Gasteiger charge is 2.32. The van der Waals surface area contributed by atoms with Gasteiger partial charge in [-0.3, -0.25) is 9.59 Å². The zero-order valence-corrected chi connectivity index (χ0v) is 14.3. The molecule has 2 heterocycles. The number of hydrogen-bond donors (Lipinski definition) is 0. The van der Waals surface area contributed by atoms with E-state index in [1.54, 1.807) is 0 Å². The van der Waals surface area contributed by atoms with Crippen molar-refractivity contribution in [1.82, 2.24) is 9.80 Å². The molecule has 0 bridgehead atoms. The van der Waals surface area contributed by atoms with E-state index < -0.39 is 0 Å². The second kappa shape index (κ2) is 6.58. The van der Waals surface area contributed by atoms with Crippen LogP contribution in [0.5, 0.6) is 0 Å². The van der Waals surface area contributed by atoms with E-state index in [0.717, 1.165) is 63.7 Å². The monoisotopic (exact) mass is 326 g/mol. The summed E-state index contributed by atoms with van der Waals surface area (Å²) in [5.74, 6) is 0.409. The summed E-state index contributed by atoms with van der Waals surface area (Å²) in [6.07, 6.45) is 8.32. The molecule has 4 rings (SSSR count). The lowest BCUT2D eigenvalue weighted by atomic mass is 9.99. The van der Waals surface area contributed by atoms with Crippen LogP contribution in [0.4, 0.5) is 0 Å². The van der Waals surface area contributed by atoms with E-state index in [9.17, 15) is 9.59 Å². The molecule has 0 radical (unpaired) electrons. The summed E-state index contributed by atoms with van der Waals surface area (Å²) in [6.45, 7) is 2.40. The maximum absolute atomic E-state index is 13.1. The van der Waals surface area contributed by atoms with Crippen LogP contribution in [0, 0.1) is 0 Å². The summed E-state index contributed by atoms with van der Waals surface area (Å²) in [4.78, 5) is 29.0. The van der Waals surface area contributed by atoms with Crippen molar-refractivity contribution in [2.75, 3.05) is 19.6 Å². The van der Waals surface area contributed by atoms with Crippen LogP contribution in [0.1, 0.15) is 60.0 Å². The Morgan fingerprint density at radius 1 is 1.00 bits per heavy atom. The van der Waals surface area contributed by atoms with E-state index in [1.807, 2.05) is 15.9 Å². The lowest BCUT2D eigenvalue weighted by molar-refractivity contribution is -0.128. The minimum absolute atomic E-state index is 0.154. The molecule has 2 fully saturated rings. The van der Waals surface area contributed by atoms with Gasteiger partial charge in [0.05, 0.1) is 0 Å². The molecule has 2 aliphatic heterocycles. The van der Waals surface area contributed by atoms with Crippen LogP contribution in [0.2, 0.25) is 0 Å². The van der Waals surface area contributed by atoms with Gasteiger partial charge < -0.3 is 9.80 Å². The molecule has 2 saturated heterocycles. The molecular weight excluding hydrogens is 300 g/mol. The number of likely N-dealkylation sites (tertiary alicyclic amines) is 2. The number of carbonyl (C=O) groups is 2. The highest BCUT2D eigenvalue weighted by atomic mass is 16.2. The van der Waals surface area contributed by atoms with Crippen molar-refractivity contribution >= 4 is 11.8 Å². The molecule has 1 aliphatic carbocycles. The first-order valence-corrected chi connectivity index (χ1v) is 9.43. The third-order valence-electron chi connectivity index (χ3n) is 5.84. The average Bonchev–Trinajstić information content (AvgIpc) is 3.23. The quantitative estimate of drug-likeness (QED) is 0.857. The zero-order chi connectivity index (χ0) is 16.5. The first-order chi connectivity index (χ1) is 11.7. The van der Waals surface area contributed by atoms with Gasteiger partial charge >= 0.3 is 0 Å². The minimum atomic E-state index is 0.154. The Bertz CT molecular complexity index is 655. The van der Waals surface area contributed by atoms with Gasteiger partial charge in [-0.05, 0) is 68.2 Å². The third-order valence-corrected chi connectivity index (χ3v) is 5.84. The van der Waals surface area contributed by atoms with Crippen LogP contribution >= 0.6 is 0 Å². The number of piperidine rings is 1. The van der Waals surface area contributed by atoms with E-state index in [1.165, 1.54) is 17.5 Å². The van der Waals surface area contributed by atoms with Crippen LogP contribution in [0.3, 0.4) is 0 Å². The number of aryl methyl sites for hydroxylation is 2. The number of benzene rings is 1. The van der Waals surface area contributed by atoms with Crippen molar-refractivity contribution in [3.8, 4) is 0 Å². The van der Waals surface area contributed by atoms with Gasteiger partial charge in [0.2, 0.25) is 5.91 Å². The summed E-state index contributed by atoms with van der Waals surface area (Å²) in [7, 11) is 0. The maximum atomic E-state index is 13.1. The molecule has 1 aromatic rings. The predicted octanol–water partition coefficient (Wildman–Crippen LogP) is 2.79. The zero-order valence-electron chi connectivity index (χ0n) is 14.3. The number of carbonyl (C=O) groups excluding carboxylic acids is 2. The molecule has 0 unspecified atom stereocenters. The lowest BCUT2D eigenvalue weighted by Crippen LogP contribution is -2.49. The van der Waals surface area contributed by atoms with Crippen molar-refractivity contribution in [2.24, 2.45) is 0 Å². The lowest BCUT2D eigenvalue weighted by Gasteiger charge is -2.38. The smallest absolute Gasteiger partial charge is 0.254 e. The molecule has 0 N–H and O–H groups in total. The number of amides is 2. The molecule has 0 saturated carbocycles. The second-order valence-electron chi connectivity index (χ2n) is 7.43. The summed E-state index contributed by atoms with van der Waals surface area (Å²) in [5.41, 5.74) is 3.59. The molecule has 4 heteroatoms. The van der Waals surface area contributed by atoms with Gasteiger partial charge in [-0.15, -0.1) is 0 Å². The Balaban J connectivity index is 1.51. The standard InChI is InChI=1S/C20H26N2O2/c23-19-8-4-11-21(19)14-18-7-1-2-12-22(18)20(24)17-10-9-15-5-3-6-16(15)13-17/h9-10,13,18H,1-8,11-12,14H2/t18-/m1/s1. The van der Waals surface area contributed by atoms with Crippen molar-refractivity contribution in [3.63, 3.8) is 0 Å². The SMILES string of the molecule is O=C1CCCN1C[C@H]1CCCCN1C(=O)c1ccc2c(c1)CCC2. The first-order valence-electron chi connectivity index (χ1n) is 9.43. The Kier molecular flexibility index (Phi) is 4.30. The molecule has 4 nitrogen and oxygen atoms in total.